The molecule has 54 valence electrons. The third-order valence-electron chi connectivity index (χ3n) is 1.12. The monoisotopic (exact) mass is 152 g/mol. The highest BCUT2D eigenvalue weighted by atomic mass is 31.0. The minimum atomic E-state index is 1.10. The number of rotatable bonds is 3. The fourth-order valence-corrected chi connectivity index (χ4v) is 0.731. The maximum absolute atomic E-state index is 3.68. The summed E-state index contributed by atoms with van der Waals surface area (Å²) in [5.74, 6) is 0. The van der Waals surface area contributed by atoms with Crippen LogP contribution in [0.5, 0.6) is 0 Å². The Kier molecular flexibility index (Phi) is 4.88. The van der Waals surface area contributed by atoms with E-state index in [0.29, 0.717) is 0 Å². The second-order valence-corrected chi connectivity index (χ2v) is 2.73. The predicted molar refractivity (Wildman–Crippen MR) is 52.1 cm³/mol. The van der Waals surface area contributed by atoms with Crippen LogP contribution >= 0.6 is 8.86 Å². The van der Waals surface area contributed by atoms with Gasteiger partial charge >= 0.3 is 0 Å². The largest absolute Gasteiger partial charge is 0.118 e. The Morgan fingerprint density at radius 1 is 1.50 bits per heavy atom. The molecule has 0 amide bonds. The van der Waals surface area contributed by atoms with E-state index in [1.54, 1.807) is 0 Å². The lowest BCUT2D eigenvalue weighted by Crippen LogP contribution is -1.86. The van der Waals surface area contributed by atoms with Crippen molar-refractivity contribution in [3.63, 3.8) is 0 Å². The van der Waals surface area contributed by atoms with E-state index < -0.39 is 0 Å². The zero-order valence-electron chi connectivity index (χ0n) is 6.52. The highest BCUT2D eigenvalue weighted by Crippen LogP contribution is 2.00. The Morgan fingerprint density at radius 3 is 2.40 bits per heavy atom. The molecular weight excluding hydrogens is 139 g/mol. The first-order chi connectivity index (χ1) is 4.72. The molecule has 0 aliphatic carbocycles. The van der Waals surface area contributed by atoms with Gasteiger partial charge in [-0.25, -0.2) is 0 Å². The van der Waals surface area contributed by atoms with Crippen molar-refractivity contribution in [2.45, 2.75) is 13.8 Å². The summed E-state index contributed by atoms with van der Waals surface area (Å²) in [6, 6.07) is 0. The van der Waals surface area contributed by atoms with Crippen molar-refractivity contribution in [1.29, 1.82) is 0 Å². The van der Waals surface area contributed by atoms with Gasteiger partial charge in [0, 0.05) is 0 Å². The summed E-state index contributed by atoms with van der Waals surface area (Å²) in [5, 5.41) is 1.10. The molecule has 0 heterocycles. The van der Waals surface area contributed by atoms with E-state index in [4.69, 9.17) is 0 Å². The zero-order chi connectivity index (χ0) is 7.98. The lowest BCUT2D eigenvalue weighted by molar-refractivity contribution is 1.70. The molecule has 0 aliphatic rings. The molecule has 0 rings (SSSR count). The van der Waals surface area contributed by atoms with Crippen molar-refractivity contribution in [3.8, 4) is 0 Å². The average Bonchev–Trinajstić information content (AvgIpc) is 1.89. The highest BCUT2D eigenvalue weighted by Gasteiger charge is 1.87. The summed E-state index contributed by atoms with van der Waals surface area (Å²) in [7, 11) is 3.42. The van der Waals surface area contributed by atoms with Crippen LogP contribution in [0.4, 0.5) is 0 Å². The molecule has 10 heavy (non-hydrogen) atoms. The van der Waals surface area contributed by atoms with Crippen molar-refractivity contribution >= 4 is 14.2 Å². The van der Waals surface area contributed by atoms with Crippen LogP contribution in [0.25, 0.3) is 0 Å². The highest BCUT2D eigenvalue weighted by molar-refractivity contribution is 7.22. The Hall–Kier alpha value is -0.610. The van der Waals surface area contributed by atoms with E-state index in [0.717, 1.165) is 10.9 Å². The molecule has 0 aromatic carbocycles. The minimum absolute atomic E-state index is 1.10. The van der Waals surface area contributed by atoms with Gasteiger partial charge in [-0.05, 0) is 24.7 Å². The smallest absolute Gasteiger partial charge is 0.0193 e. The lowest BCUT2D eigenvalue weighted by Gasteiger charge is -1.94. The predicted octanol–water partition coefficient (Wildman–Crippen LogP) is 3.01. The van der Waals surface area contributed by atoms with Crippen molar-refractivity contribution in [2.75, 3.05) is 0 Å². The third kappa shape index (κ3) is 3.42. The van der Waals surface area contributed by atoms with Crippen LogP contribution in [0.1, 0.15) is 13.8 Å². The van der Waals surface area contributed by atoms with Gasteiger partial charge in [0.05, 0.1) is 0 Å². The lowest BCUT2D eigenvalue weighted by atomic mass is 10.2. The summed E-state index contributed by atoms with van der Waals surface area (Å²) in [6.45, 7) is 7.66. The Labute approximate surface area is 65.2 Å². The first-order valence-electron chi connectivity index (χ1n) is 3.23. The average molecular weight is 152 g/mol. The van der Waals surface area contributed by atoms with Crippen molar-refractivity contribution in [2.24, 2.45) is 0 Å². The molecule has 0 aromatic heterocycles. The fraction of sp³-hybridized carbons (Fsp3) is 0.222. The molecule has 0 atom stereocenters. The second kappa shape index (κ2) is 5.20. The fourth-order valence-electron chi connectivity index (χ4n) is 0.546. The molecule has 0 fully saturated rings. The number of hydrogen-bond donors (Lipinski definition) is 0. The molecule has 0 N–H and O–H groups in total. The van der Waals surface area contributed by atoms with E-state index in [1.165, 1.54) is 0 Å². The van der Waals surface area contributed by atoms with Gasteiger partial charge in [-0.1, -0.05) is 30.9 Å². The first-order valence-corrected chi connectivity index (χ1v) is 3.73. The van der Waals surface area contributed by atoms with Gasteiger partial charge in [-0.2, -0.15) is 0 Å². The van der Waals surface area contributed by atoms with E-state index in [2.05, 4.69) is 15.4 Å². The summed E-state index contributed by atoms with van der Waals surface area (Å²) in [4.78, 5) is 0. The summed E-state index contributed by atoms with van der Waals surface area (Å²) in [6.07, 6.45) is 7.80. The maximum Gasteiger partial charge on any atom is -0.0193 e. The van der Waals surface area contributed by atoms with Crippen LogP contribution < -0.4 is 0 Å². The van der Waals surface area contributed by atoms with Gasteiger partial charge < -0.3 is 0 Å². The molecule has 1 heteroatoms. The van der Waals surface area contributed by atoms with Gasteiger partial charge in [0.25, 0.3) is 0 Å². The molecule has 0 aliphatic heterocycles. The number of hydrogen-bond acceptors (Lipinski definition) is 0. The Bertz CT molecular complexity index is 185. The number of allylic oxidation sites excluding steroid dienone is 5. The molecule has 0 saturated heterocycles. The van der Waals surface area contributed by atoms with Crippen LogP contribution in [0.3, 0.4) is 0 Å². The third-order valence-corrected chi connectivity index (χ3v) is 1.41. The van der Waals surface area contributed by atoms with Gasteiger partial charge in [-0.15, -0.1) is 8.86 Å². The van der Waals surface area contributed by atoms with Crippen molar-refractivity contribution in [3.05, 3.63) is 36.5 Å². The van der Waals surface area contributed by atoms with Gasteiger partial charge in [0.1, 0.15) is 0 Å². The SMILES string of the molecule is C=C/C(=C\C=C/C)C(C)=P. The molecule has 0 radical (unpaired) electrons. The second-order valence-electron chi connectivity index (χ2n) is 1.98. The normalized spacial score (nSPS) is 12.0. The van der Waals surface area contributed by atoms with Crippen molar-refractivity contribution in [1.82, 2.24) is 0 Å². The van der Waals surface area contributed by atoms with Crippen molar-refractivity contribution < 1.29 is 0 Å². The van der Waals surface area contributed by atoms with E-state index >= 15 is 0 Å². The van der Waals surface area contributed by atoms with Crippen LogP contribution in [0, 0.1) is 0 Å². The molecule has 0 aromatic rings. The summed E-state index contributed by atoms with van der Waals surface area (Å²) in [5.41, 5.74) is 1.12. The molecular formula is C9H13P. The molecule has 0 saturated carbocycles. The molecule has 0 bridgehead atoms. The standard InChI is InChI=1S/C9H13P/c1-4-6-7-9(5-2)8(3)10/h4-7,10H,2H2,1,3H3/b6-4-,9-7+. The molecule has 0 spiro atoms. The van der Waals surface area contributed by atoms with Crippen LogP contribution in [0.2, 0.25) is 0 Å². The topological polar surface area (TPSA) is 0 Å². The van der Waals surface area contributed by atoms with Gasteiger partial charge in [0.15, 0.2) is 0 Å². The Balaban J connectivity index is 4.33. The van der Waals surface area contributed by atoms with E-state index in [-0.39, 0.29) is 0 Å². The van der Waals surface area contributed by atoms with Crippen LogP contribution in [0.15, 0.2) is 36.5 Å². The molecule has 0 unspecified atom stereocenters. The minimum Gasteiger partial charge on any atom is -0.118 e. The van der Waals surface area contributed by atoms with Gasteiger partial charge in [0.2, 0.25) is 0 Å². The van der Waals surface area contributed by atoms with Crippen LogP contribution in [-0.4, -0.2) is 5.29 Å². The molecule has 0 nitrogen and oxygen atoms in total. The first kappa shape index (κ1) is 9.39. The van der Waals surface area contributed by atoms with E-state index in [1.807, 2.05) is 38.2 Å². The van der Waals surface area contributed by atoms with Crippen LogP contribution in [-0.2, 0) is 0 Å². The van der Waals surface area contributed by atoms with E-state index in [9.17, 15) is 0 Å². The quantitative estimate of drug-likeness (QED) is 0.430. The van der Waals surface area contributed by atoms with Gasteiger partial charge in [-0.3, -0.25) is 0 Å². The zero-order valence-corrected chi connectivity index (χ0v) is 7.52. The summed E-state index contributed by atoms with van der Waals surface area (Å²) >= 11 is 0. The summed E-state index contributed by atoms with van der Waals surface area (Å²) < 4.78 is 0. The maximum atomic E-state index is 3.68. The Morgan fingerprint density at radius 2 is 2.10 bits per heavy atom.